The van der Waals surface area contributed by atoms with E-state index in [2.05, 4.69) is 19.2 Å². The molecule has 0 aliphatic heterocycles. The quantitative estimate of drug-likeness (QED) is 0.736. The topological polar surface area (TPSA) is 64.6 Å². The van der Waals surface area contributed by atoms with Crippen molar-refractivity contribution in [3.63, 3.8) is 0 Å². The summed E-state index contributed by atoms with van der Waals surface area (Å²) in [6.45, 7) is 4.14. The van der Waals surface area contributed by atoms with E-state index in [9.17, 15) is 9.59 Å². The fourth-order valence-corrected chi connectivity index (χ4v) is 2.35. The Morgan fingerprint density at radius 2 is 1.88 bits per heavy atom. The number of methoxy groups -OCH3 is 1. The van der Waals surface area contributed by atoms with Gasteiger partial charge in [-0.2, -0.15) is 0 Å². The van der Waals surface area contributed by atoms with E-state index in [4.69, 9.17) is 9.47 Å². The minimum Gasteiger partial charge on any atom is -0.493 e. The number of carbonyl (C=O) groups is 2. The van der Waals surface area contributed by atoms with Crippen LogP contribution in [0.4, 0.5) is 5.69 Å². The summed E-state index contributed by atoms with van der Waals surface area (Å²) in [4.78, 5) is 22.9. The Labute approximate surface area is 148 Å². The van der Waals surface area contributed by atoms with Gasteiger partial charge in [-0.05, 0) is 48.2 Å². The average molecular weight is 341 g/mol. The minimum absolute atomic E-state index is 0.175. The van der Waals surface area contributed by atoms with Crippen molar-refractivity contribution < 1.29 is 19.1 Å². The van der Waals surface area contributed by atoms with Crippen LogP contribution < -0.4 is 14.8 Å². The van der Waals surface area contributed by atoms with E-state index in [-0.39, 0.29) is 12.5 Å². The molecule has 1 amide bonds. The lowest BCUT2D eigenvalue weighted by molar-refractivity contribution is -0.118. The lowest BCUT2D eigenvalue weighted by Gasteiger charge is -2.12. The zero-order valence-corrected chi connectivity index (χ0v) is 14.7. The molecule has 0 heterocycles. The summed E-state index contributed by atoms with van der Waals surface area (Å²) in [5.74, 6) is 1.03. The summed E-state index contributed by atoms with van der Waals surface area (Å²) in [5, 5.41) is 2.79. The summed E-state index contributed by atoms with van der Waals surface area (Å²) >= 11 is 0. The molecule has 25 heavy (non-hydrogen) atoms. The number of carbonyl (C=O) groups excluding carboxylic acids is 2. The number of aldehydes is 1. The van der Waals surface area contributed by atoms with Crippen molar-refractivity contribution in [1.82, 2.24) is 0 Å². The summed E-state index contributed by atoms with van der Waals surface area (Å²) in [6, 6.07) is 12.6. The average Bonchev–Trinajstić information content (AvgIpc) is 2.66. The molecule has 0 aliphatic carbocycles. The van der Waals surface area contributed by atoms with Crippen molar-refractivity contribution in [2.75, 3.05) is 19.0 Å². The molecule has 0 bridgehead atoms. The molecule has 2 aromatic carbocycles. The molecule has 0 radical (unpaired) electrons. The van der Waals surface area contributed by atoms with E-state index in [0.29, 0.717) is 35.0 Å². The molecule has 2 rings (SSSR count). The molecule has 0 spiro atoms. The predicted molar refractivity (Wildman–Crippen MR) is 97.7 cm³/mol. The van der Waals surface area contributed by atoms with Gasteiger partial charge < -0.3 is 14.8 Å². The number of hydrogen-bond acceptors (Lipinski definition) is 4. The highest BCUT2D eigenvalue weighted by molar-refractivity contribution is 5.92. The van der Waals surface area contributed by atoms with E-state index < -0.39 is 0 Å². The number of nitrogens with one attached hydrogen (secondary N) is 1. The van der Waals surface area contributed by atoms with E-state index in [1.165, 1.54) is 12.7 Å². The van der Waals surface area contributed by atoms with Crippen molar-refractivity contribution in [1.29, 1.82) is 0 Å². The standard InChI is InChI=1S/C20H23NO4/c1-4-14(2)16-6-8-17(9-7-16)21-20(23)13-25-19-11-15(12-22)5-10-18(19)24-3/h5-12,14H,4,13H2,1-3H3,(H,21,23)/t14-/m1/s1. The third kappa shape index (κ3) is 5.08. The molecule has 0 saturated heterocycles. The predicted octanol–water partition coefficient (Wildman–Crippen LogP) is 4.04. The Morgan fingerprint density at radius 1 is 1.16 bits per heavy atom. The fraction of sp³-hybridized carbons (Fsp3) is 0.300. The van der Waals surface area contributed by atoms with Crippen LogP contribution in [0, 0.1) is 0 Å². The zero-order valence-electron chi connectivity index (χ0n) is 14.7. The van der Waals surface area contributed by atoms with Gasteiger partial charge in [0.15, 0.2) is 18.1 Å². The Kier molecular flexibility index (Phi) is 6.57. The van der Waals surface area contributed by atoms with Crippen LogP contribution in [0.25, 0.3) is 0 Å². The molecule has 0 aliphatic rings. The second kappa shape index (κ2) is 8.87. The van der Waals surface area contributed by atoms with E-state index in [1.54, 1.807) is 18.2 Å². The maximum atomic E-state index is 12.1. The molecule has 5 heteroatoms. The van der Waals surface area contributed by atoms with Crippen molar-refractivity contribution in [3.8, 4) is 11.5 Å². The van der Waals surface area contributed by atoms with Crippen molar-refractivity contribution in [2.24, 2.45) is 0 Å². The second-order valence-electron chi connectivity index (χ2n) is 5.80. The van der Waals surface area contributed by atoms with Crippen molar-refractivity contribution in [3.05, 3.63) is 53.6 Å². The van der Waals surface area contributed by atoms with Crippen molar-refractivity contribution in [2.45, 2.75) is 26.2 Å². The molecule has 2 aromatic rings. The molecule has 0 saturated carbocycles. The molecule has 0 aromatic heterocycles. The minimum atomic E-state index is -0.283. The summed E-state index contributed by atoms with van der Waals surface area (Å²) in [6.07, 6.45) is 1.78. The van der Waals surface area contributed by atoms with Crippen LogP contribution in [0.3, 0.4) is 0 Å². The monoisotopic (exact) mass is 341 g/mol. The van der Waals surface area contributed by atoms with Crippen LogP contribution in [0.1, 0.15) is 42.1 Å². The molecular weight excluding hydrogens is 318 g/mol. The molecule has 0 unspecified atom stereocenters. The normalized spacial score (nSPS) is 11.5. The van der Waals surface area contributed by atoms with E-state index in [1.807, 2.05) is 24.3 Å². The van der Waals surface area contributed by atoms with Gasteiger partial charge >= 0.3 is 0 Å². The summed E-state index contributed by atoms with van der Waals surface area (Å²) in [7, 11) is 1.50. The van der Waals surface area contributed by atoms with Crippen LogP contribution in [-0.4, -0.2) is 25.9 Å². The van der Waals surface area contributed by atoms with Gasteiger partial charge in [-0.1, -0.05) is 26.0 Å². The third-order valence-corrected chi connectivity index (χ3v) is 4.06. The van der Waals surface area contributed by atoms with Gasteiger partial charge in [-0.3, -0.25) is 9.59 Å². The Bertz CT molecular complexity index is 725. The van der Waals surface area contributed by atoms with Gasteiger partial charge in [0, 0.05) is 11.3 Å². The summed E-state index contributed by atoms with van der Waals surface area (Å²) < 4.78 is 10.7. The first-order valence-corrected chi connectivity index (χ1v) is 8.23. The van der Waals surface area contributed by atoms with E-state index in [0.717, 1.165) is 6.42 Å². The maximum absolute atomic E-state index is 12.1. The first kappa shape index (κ1) is 18.5. The van der Waals surface area contributed by atoms with Crippen LogP contribution in [-0.2, 0) is 4.79 Å². The highest BCUT2D eigenvalue weighted by Gasteiger charge is 2.09. The number of rotatable bonds is 8. The SMILES string of the molecule is CC[C@@H](C)c1ccc(NC(=O)COc2cc(C=O)ccc2OC)cc1. The van der Waals surface area contributed by atoms with Gasteiger partial charge in [0.05, 0.1) is 7.11 Å². The lowest BCUT2D eigenvalue weighted by Crippen LogP contribution is -2.20. The zero-order chi connectivity index (χ0) is 18.2. The fourth-order valence-electron chi connectivity index (χ4n) is 2.35. The number of hydrogen-bond donors (Lipinski definition) is 1. The third-order valence-electron chi connectivity index (χ3n) is 4.06. The molecular formula is C20H23NO4. The second-order valence-corrected chi connectivity index (χ2v) is 5.80. The molecule has 5 nitrogen and oxygen atoms in total. The number of ether oxygens (including phenoxy) is 2. The van der Waals surface area contributed by atoms with E-state index >= 15 is 0 Å². The first-order chi connectivity index (χ1) is 12.1. The van der Waals surface area contributed by atoms with Gasteiger partial charge in [-0.25, -0.2) is 0 Å². The lowest BCUT2D eigenvalue weighted by atomic mass is 9.99. The van der Waals surface area contributed by atoms with Gasteiger partial charge in [0.2, 0.25) is 0 Å². The van der Waals surface area contributed by atoms with Crippen molar-refractivity contribution >= 4 is 17.9 Å². The van der Waals surface area contributed by atoms with Gasteiger partial charge in [0.1, 0.15) is 6.29 Å². The number of anilines is 1. The van der Waals surface area contributed by atoms with Gasteiger partial charge in [-0.15, -0.1) is 0 Å². The molecule has 0 fully saturated rings. The largest absolute Gasteiger partial charge is 0.493 e. The number of benzene rings is 2. The smallest absolute Gasteiger partial charge is 0.262 e. The Morgan fingerprint density at radius 3 is 2.48 bits per heavy atom. The Balaban J connectivity index is 1.95. The molecule has 132 valence electrons. The van der Waals surface area contributed by atoms with Crippen LogP contribution >= 0.6 is 0 Å². The Hall–Kier alpha value is -2.82. The van der Waals surface area contributed by atoms with Crippen LogP contribution in [0.5, 0.6) is 11.5 Å². The summed E-state index contributed by atoms with van der Waals surface area (Å²) in [5.41, 5.74) is 2.42. The first-order valence-electron chi connectivity index (χ1n) is 8.23. The highest BCUT2D eigenvalue weighted by atomic mass is 16.5. The molecule has 1 N–H and O–H groups in total. The van der Waals surface area contributed by atoms with Gasteiger partial charge in [0.25, 0.3) is 5.91 Å². The highest BCUT2D eigenvalue weighted by Crippen LogP contribution is 2.27. The molecule has 1 atom stereocenters. The van der Waals surface area contributed by atoms with Crippen LogP contribution in [0.15, 0.2) is 42.5 Å². The maximum Gasteiger partial charge on any atom is 0.262 e. The number of amides is 1. The van der Waals surface area contributed by atoms with Crippen LogP contribution in [0.2, 0.25) is 0 Å².